The van der Waals surface area contributed by atoms with Gasteiger partial charge in [0.1, 0.15) is 0 Å². The zero-order chi connectivity index (χ0) is 18.9. The Morgan fingerprint density at radius 2 is 1.67 bits per heavy atom. The van der Waals surface area contributed by atoms with Crippen LogP contribution in [0.15, 0.2) is 29.3 Å². The van der Waals surface area contributed by atoms with Crippen molar-refractivity contribution >= 4 is 35.8 Å². The first-order valence-corrected chi connectivity index (χ1v) is 9.78. The summed E-state index contributed by atoms with van der Waals surface area (Å²) in [5, 5.41) is 6.83. The van der Waals surface area contributed by atoms with E-state index in [4.69, 9.17) is 0 Å². The predicted octanol–water partition coefficient (Wildman–Crippen LogP) is 3.89. The molecule has 0 aliphatic heterocycles. The highest BCUT2D eigenvalue weighted by molar-refractivity contribution is 14.0. The van der Waals surface area contributed by atoms with Crippen LogP contribution in [0.2, 0.25) is 0 Å². The average Bonchev–Trinajstić information content (AvgIpc) is 2.68. The summed E-state index contributed by atoms with van der Waals surface area (Å²) in [4.78, 5) is 17.8. The molecule has 6 heteroatoms. The van der Waals surface area contributed by atoms with Gasteiger partial charge < -0.3 is 15.5 Å². The molecular weight excluding hydrogens is 451 g/mol. The van der Waals surface area contributed by atoms with Crippen molar-refractivity contribution in [1.29, 1.82) is 0 Å². The van der Waals surface area contributed by atoms with E-state index in [1.807, 2.05) is 31.3 Å². The molecule has 1 amide bonds. The number of benzene rings is 1. The third-order valence-electron chi connectivity index (χ3n) is 5.39. The van der Waals surface area contributed by atoms with Gasteiger partial charge in [-0.3, -0.25) is 9.79 Å². The Labute approximate surface area is 181 Å². The molecule has 152 valence electrons. The molecule has 1 saturated carbocycles. The number of hydrogen-bond donors (Lipinski definition) is 2. The van der Waals surface area contributed by atoms with Gasteiger partial charge in [0.2, 0.25) is 0 Å². The molecular formula is C21H35IN4O. The zero-order valence-electron chi connectivity index (χ0n) is 17.1. The maximum absolute atomic E-state index is 11.9. The Morgan fingerprint density at radius 1 is 1.07 bits per heavy atom. The fraction of sp³-hybridized carbons (Fsp3) is 0.619. The molecule has 27 heavy (non-hydrogen) atoms. The smallest absolute Gasteiger partial charge is 0.253 e. The van der Waals surface area contributed by atoms with Gasteiger partial charge in [-0.2, -0.15) is 0 Å². The minimum atomic E-state index is 0. The Balaban J connectivity index is 0.00000364. The summed E-state index contributed by atoms with van der Waals surface area (Å²) in [5.74, 6) is 2.56. The molecule has 0 spiro atoms. The van der Waals surface area contributed by atoms with E-state index in [0.29, 0.717) is 12.1 Å². The molecule has 0 heterocycles. The zero-order valence-corrected chi connectivity index (χ0v) is 19.5. The van der Waals surface area contributed by atoms with Crippen LogP contribution in [-0.2, 0) is 6.54 Å². The van der Waals surface area contributed by atoms with Gasteiger partial charge in [-0.1, -0.05) is 38.3 Å². The van der Waals surface area contributed by atoms with Crippen molar-refractivity contribution in [3.05, 3.63) is 35.4 Å². The molecule has 2 N–H and O–H groups in total. The molecule has 1 aliphatic carbocycles. The molecule has 1 aromatic carbocycles. The first-order valence-electron chi connectivity index (χ1n) is 9.78. The molecule has 1 aliphatic rings. The highest BCUT2D eigenvalue weighted by atomic mass is 127. The van der Waals surface area contributed by atoms with E-state index in [9.17, 15) is 4.79 Å². The lowest BCUT2D eigenvalue weighted by molar-refractivity contribution is 0.0827. The van der Waals surface area contributed by atoms with Crippen LogP contribution in [0.25, 0.3) is 0 Å². The summed E-state index contributed by atoms with van der Waals surface area (Å²) in [7, 11) is 5.34. The summed E-state index contributed by atoms with van der Waals surface area (Å²) in [6, 6.07) is 7.73. The lowest BCUT2D eigenvalue weighted by Gasteiger charge is -2.28. The highest BCUT2D eigenvalue weighted by Gasteiger charge is 2.19. The van der Waals surface area contributed by atoms with Gasteiger partial charge in [-0.25, -0.2) is 0 Å². The number of hydrogen-bond acceptors (Lipinski definition) is 2. The second-order valence-electron chi connectivity index (χ2n) is 7.50. The fourth-order valence-electron chi connectivity index (χ4n) is 3.51. The number of nitrogens with one attached hydrogen (secondary N) is 2. The van der Waals surface area contributed by atoms with E-state index in [-0.39, 0.29) is 29.9 Å². The molecule has 5 nitrogen and oxygen atoms in total. The molecule has 0 unspecified atom stereocenters. The molecule has 2 rings (SSSR count). The fourth-order valence-corrected chi connectivity index (χ4v) is 3.51. The van der Waals surface area contributed by atoms with E-state index in [2.05, 4.69) is 22.5 Å². The van der Waals surface area contributed by atoms with Crippen molar-refractivity contribution < 1.29 is 4.79 Å². The van der Waals surface area contributed by atoms with E-state index in [0.717, 1.165) is 29.9 Å². The summed E-state index contributed by atoms with van der Waals surface area (Å²) in [6.45, 7) is 3.99. The van der Waals surface area contributed by atoms with E-state index >= 15 is 0 Å². The highest BCUT2D eigenvalue weighted by Crippen LogP contribution is 2.30. The predicted molar refractivity (Wildman–Crippen MR) is 124 cm³/mol. The molecule has 0 atom stereocenters. The molecule has 0 bridgehead atoms. The van der Waals surface area contributed by atoms with Crippen LogP contribution in [0.4, 0.5) is 0 Å². The van der Waals surface area contributed by atoms with Crippen molar-refractivity contribution in [2.24, 2.45) is 16.8 Å². The molecule has 1 fully saturated rings. The lowest BCUT2D eigenvalue weighted by Crippen LogP contribution is -2.40. The number of aliphatic imine (C=N–C) groups is 1. The van der Waals surface area contributed by atoms with E-state index in [1.165, 1.54) is 32.1 Å². The number of guanidine groups is 1. The number of carbonyl (C=O) groups is 1. The Morgan fingerprint density at radius 3 is 2.19 bits per heavy atom. The van der Waals surface area contributed by atoms with Crippen molar-refractivity contribution in [1.82, 2.24) is 15.5 Å². The lowest BCUT2D eigenvalue weighted by atomic mass is 9.81. The summed E-state index contributed by atoms with van der Waals surface area (Å²) < 4.78 is 0. The van der Waals surface area contributed by atoms with Crippen molar-refractivity contribution in [3.63, 3.8) is 0 Å². The van der Waals surface area contributed by atoms with Crippen molar-refractivity contribution in [3.8, 4) is 0 Å². The third-order valence-corrected chi connectivity index (χ3v) is 5.39. The SMILES string of the molecule is CCC1CCC(CNC(=NC)NCc2ccc(C(=O)N(C)C)cc2)CC1.I. The maximum Gasteiger partial charge on any atom is 0.253 e. The minimum Gasteiger partial charge on any atom is -0.356 e. The largest absolute Gasteiger partial charge is 0.356 e. The molecule has 0 aromatic heterocycles. The molecule has 0 saturated heterocycles. The van der Waals surface area contributed by atoms with Crippen molar-refractivity contribution in [2.45, 2.75) is 45.6 Å². The summed E-state index contributed by atoms with van der Waals surface area (Å²) in [6.07, 6.45) is 6.70. The molecule has 1 aromatic rings. The van der Waals surface area contributed by atoms with Crippen LogP contribution in [0, 0.1) is 11.8 Å². The number of rotatable bonds is 6. The second kappa shape index (κ2) is 12.2. The number of nitrogens with zero attached hydrogens (tertiary/aromatic N) is 2. The Bertz CT molecular complexity index is 593. The van der Waals surface area contributed by atoms with Crippen LogP contribution in [0.3, 0.4) is 0 Å². The summed E-state index contributed by atoms with van der Waals surface area (Å²) >= 11 is 0. The molecule has 0 radical (unpaired) electrons. The van der Waals surface area contributed by atoms with Crippen LogP contribution in [0.5, 0.6) is 0 Å². The van der Waals surface area contributed by atoms with E-state index < -0.39 is 0 Å². The average molecular weight is 486 g/mol. The standard InChI is InChI=1S/C21H34N4O.HI/c1-5-16-6-8-17(9-7-16)14-23-21(22-2)24-15-18-10-12-19(13-11-18)20(26)25(3)4;/h10-13,16-17H,5-9,14-15H2,1-4H3,(H2,22,23,24);1H. The Hall–Kier alpha value is -1.31. The van der Waals surface area contributed by atoms with Gasteiger partial charge in [0.05, 0.1) is 0 Å². The van der Waals surface area contributed by atoms with Gasteiger partial charge in [-0.15, -0.1) is 24.0 Å². The van der Waals surface area contributed by atoms with Crippen LogP contribution in [0.1, 0.15) is 54.9 Å². The van der Waals surface area contributed by atoms with Crippen molar-refractivity contribution in [2.75, 3.05) is 27.7 Å². The van der Waals surface area contributed by atoms with Crippen LogP contribution in [-0.4, -0.2) is 44.5 Å². The van der Waals surface area contributed by atoms with Gasteiger partial charge in [0.15, 0.2) is 5.96 Å². The normalized spacial score (nSPS) is 19.8. The number of carbonyl (C=O) groups excluding carboxylic acids is 1. The van der Waals surface area contributed by atoms with Gasteiger partial charge in [0.25, 0.3) is 5.91 Å². The third kappa shape index (κ3) is 7.68. The van der Waals surface area contributed by atoms with Gasteiger partial charge >= 0.3 is 0 Å². The van der Waals surface area contributed by atoms with Crippen LogP contribution < -0.4 is 10.6 Å². The Kier molecular flexibility index (Phi) is 10.7. The number of amides is 1. The van der Waals surface area contributed by atoms with E-state index in [1.54, 1.807) is 19.0 Å². The van der Waals surface area contributed by atoms with Gasteiger partial charge in [0, 0.05) is 39.8 Å². The minimum absolute atomic E-state index is 0. The number of halogens is 1. The first kappa shape index (κ1) is 23.7. The monoisotopic (exact) mass is 486 g/mol. The quantitative estimate of drug-likeness (QED) is 0.365. The maximum atomic E-state index is 11.9. The topological polar surface area (TPSA) is 56.7 Å². The second-order valence-corrected chi connectivity index (χ2v) is 7.50. The summed E-state index contributed by atoms with van der Waals surface area (Å²) in [5.41, 5.74) is 1.84. The first-order chi connectivity index (χ1) is 12.5. The van der Waals surface area contributed by atoms with Gasteiger partial charge in [-0.05, 0) is 42.4 Å². The van der Waals surface area contributed by atoms with Crippen LogP contribution >= 0.6 is 24.0 Å².